The molecule has 0 saturated heterocycles. The van der Waals surface area contributed by atoms with E-state index in [9.17, 15) is 17.6 Å². The summed E-state index contributed by atoms with van der Waals surface area (Å²) in [6.07, 6.45) is -0.131. The van der Waals surface area contributed by atoms with Gasteiger partial charge in [-0.3, -0.25) is 4.79 Å². The van der Waals surface area contributed by atoms with E-state index in [1.165, 1.54) is 12.1 Å². The van der Waals surface area contributed by atoms with Crippen molar-refractivity contribution in [3.8, 4) is 0 Å². The van der Waals surface area contributed by atoms with Crippen LogP contribution in [0.3, 0.4) is 0 Å². The summed E-state index contributed by atoms with van der Waals surface area (Å²) in [4.78, 5) is 11.8. The van der Waals surface area contributed by atoms with Crippen LogP contribution in [-0.2, 0) is 26.9 Å². The van der Waals surface area contributed by atoms with Crippen LogP contribution in [0.15, 0.2) is 48.5 Å². The second-order valence-corrected chi connectivity index (χ2v) is 7.93. The largest absolute Gasteiger partial charge is 0.352 e. The third kappa shape index (κ3) is 5.94. The molecular weight excluding hydrogens is 353 g/mol. The zero-order valence-electron chi connectivity index (χ0n) is 12.8. The lowest BCUT2D eigenvalue weighted by Crippen LogP contribution is -2.25. The summed E-state index contributed by atoms with van der Waals surface area (Å²) in [7, 11) is -3.44. The van der Waals surface area contributed by atoms with Crippen molar-refractivity contribution in [3.63, 3.8) is 0 Å². The van der Waals surface area contributed by atoms with Crippen molar-refractivity contribution in [1.82, 2.24) is 5.32 Å². The molecule has 0 bridgehead atoms. The van der Waals surface area contributed by atoms with Gasteiger partial charge in [-0.05, 0) is 29.3 Å². The Morgan fingerprint density at radius 2 is 1.75 bits per heavy atom. The molecule has 0 heterocycles. The lowest BCUT2D eigenvalue weighted by molar-refractivity contribution is -0.120. The number of halogens is 2. The summed E-state index contributed by atoms with van der Waals surface area (Å²) in [5, 5.41) is 3.00. The van der Waals surface area contributed by atoms with Crippen molar-refractivity contribution < 1.29 is 17.6 Å². The van der Waals surface area contributed by atoms with E-state index in [1.807, 2.05) is 0 Å². The molecule has 24 heavy (non-hydrogen) atoms. The minimum absolute atomic E-state index is 0.131. The fourth-order valence-corrected chi connectivity index (χ4v) is 3.71. The fraction of sp³-hybridized carbons (Fsp3) is 0.235. The molecule has 0 unspecified atom stereocenters. The number of amides is 1. The van der Waals surface area contributed by atoms with E-state index in [0.717, 1.165) is 5.56 Å². The maximum Gasteiger partial charge on any atom is 0.221 e. The van der Waals surface area contributed by atoms with E-state index in [-0.39, 0.29) is 36.2 Å². The van der Waals surface area contributed by atoms with Crippen molar-refractivity contribution in [2.75, 3.05) is 5.75 Å². The molecule has 0 aliphatic carbocycles. The quantitative estimate of drug-likeness (QED) is 0.815. The average Bonchev–Trinajstić information content (AvgIpc) is 2.54. The fourth-order valence-electron chi connectivity index (χ4n) is 2.06. The van der Waals surface area contributed by atoms with Crippen LogP contribution >= 0.6 is 11.6 Å². The summed E-state index contributed by atoms with van der Waals surface area (Å²) in [6.45, 7) is 0.226. The molecule has 0 aliphatic rings. The Morgan fingerprint density at radius 3 is 2.42 bits per heavy atom. The van der Waals surface area contributed by atoms with Gasteiger partial charge in [0.1, 0.15) is 5.82 Å². The summed E-state index contributed by atoms with van der Waals surface area (Å²) >= 11 is 5.95. The number of hydrogen-bond acceptors (Lipinski definition) is 3. The van der Waals surface area contributed by atoms with E-state index < -0.39 is 9.84 Å². The van der Waals surface area contributed by atoms with Crippen LogP contribution < -0.4 is 5.32 Å². The monoisotopic (exact) mass is 369 g/mol. The van der Waals surface area contributed by atoms with Crippen molar-refractivity contribution in [3.05, 3.63) is 70.5 Å². The molecule has 0 spiro atoms. The van der Waals surface area contributed by atoms with E-state index in [2.05, 4.69) is 5.32 Å². The van der Waals surface area contributed by atoms with Crippen LogP contribution in [0.2, 0.25) is 5.02 Å². The first kappa shape index (κ1) is 18.4. The molecule has 7 heteroatoms. The zero-order valence-corrected chi connectivity index (χ0v) is 14.4. The number of carbonyl (C=O) groups excluding carboxylic acids is 1. The molecule has 4 nitrogen and oxygen atoms in total. The number of rotatable bonds is 7. The Labute approximate surface area is 145 Å². The standard InChI is InChI=1S/C17H17ClFNO3S/c18-16-4-2-1-3-14(16)12-24(22,23)10-9-17(21)20-11-13-5-7-15(19)8-6-13/h1-8H,9-12H2,(H,20,21). The first-order chi connectivity index (χ1) is 11.4. The van der Waals surface area contributed by atoms with Gasteiger partial charge in [-0.1, -0.05) is 41.9 Å². The van der Waals surface area contributed by atoms with Gasteiger partial charge >= 0.3 is 0 Å². The maximum absolute atomic E-state index is 12.8. The Bertz CT molecular complexity index is 807. The molecule has 0 atom stereocenters. The van der Waals surface area contributed by atoms with Crippen molar-refractivity contribution in [2.24, 2.45) is 0 Å². The summed E-state index contributed by atoms with van der Waals surface area (Å²) in [5.74, 6) is -1.18. The highest BCUT2D eigenvalue weighted by atomic mass is 35.5. The highest BCUT2D eigenvalue weighted by Crippen LogP contribution is 2.18. The highest BCUT2D eigenvalue weighted by molar-refractivity contribution is 7.90. The number of carbonyl (C=O) groups is 1. The topological polar surface area (TPSA) is 63.2 Å². The molecule has 1 amide bonds. The van der Waals surface area contributed by atoms with Crippen LogP contribution in [0.1, 0.15) is 17.5 Å². The number of nitrogens with one attached hydrogen (secondary N) is 1. The van der Waals surface area contributed by atoms with E-state index in [0.29, 0.717) is 10.6 Å². The summed E-state index contributed by atoms with van der Waals surface area (Å²) in [5.41, 5.74) is 1.26. The Kier molecular flexibility index (Phi) is 6.34. The van der Waals surface area contributed by atoms with Crippen LogP contribution in [0.5, 0.6) is 0 Å². The number of sulfone groups is 1. The Balaban J connectivity index is 1.82. The van der Waals surface area contributed by atoms with Gasteiger partial charge in [-0.15, -0.1) is 0 Å². The minimum Gasteiger partial charge on any atom is -0.352 e. The normalized spacial score (nSPS) is 11.2. The van der Waals surface area contributed by atoms with Gasteiger partial charge in [0.25, 0.3) is 0 Å². The minimum atomic E-state index is -3.44. The second kappa shape index (κ2) is 8.26. The molecule has 2 aromatic carbocycles. The van der Waals surface area contributed by atoms with E-state index in [1.54, 1.807) is 36.4 Å². The van der Waals surface area contributed by atoms with Gasteiger partial charge in [-0.25, -0.2) is 12.8 Å². The Hall–Kier alpha value is -1.92. The molecule has 2 aromatic rings. The molecule has 1 N–H and O–H groups in total. The SMILES string of the molecule is O=C(CCS(=O)(=O)Cc1ccccc1Cl)NCc1ccc(F)cc1. The molecule has 0 saturated carbocycles. The maximum atomic E-state index is 12.8. The molecule has 0 aliphatic heterocycles. The third-order valence-corrected chi connectivity index (χ3v) is 5.32. The smallest absolute Gasteiger partial charge is 0.221 e. The van der Waals surface area contributed by atoms with Gasteiger partial charge in [0, 0.05) is 18.0 Å². The van der Waals surface area contributed by atoms with Gasteiger partial charge in [0.05, 0.1) is 11.5 Å². The molecule has 0 radical (unpaired) electrons. The Morgan fingerprint density at radius 1 is 1.08 bits per heavy atom. The predicted octanol–water partition coefficient (Wildman–Crippen LogP) is 3.10. The van der Waals surface area contributed by atoms with Gasteiger partial charge < -0.3 is 5.32 Å². The third-order valence-electron chi connectivity index (χ3n) is 3.38. The summed E-state index contributed by atoms with van der Waals surface area (Å²) in [6, 6.07) is 12.4. The molecule has 2 rings (SSSR count). The van der Waals surface area contributed by atoms with Crippen molar-refractivity contribution in [2.45, 2.75) is 18.7 Å². The molecular formula is C17H17ClFNO3S. The van der Waals surface area contributed by atoms with Crippen LogP contribution in [0.25, 0.3) is 0 Å². The molecule has 0 aromatic heterocycles. The zero-order chi connectivity index (χ0) is 17.6. The van der Waals surface area contributed by atoms with E-state index in [4.69, 9.17) is 11.6 Å². The average molecular weight is 370 g/mol. The van der Waals surface area contributed by atoms with Crippen LogP contribution in [0.4, 0.5) is 4.39 Å². The van der Waals surface area contributed by atoms with Crippen molar-refractivity contribution in [1.29, 1.82) is 0 Å². The molecule has 0 fully saturated rings. The van der Waals surface area contributed by atoms with Gasteiger partial charge in [0.15, 0.2) is 9.84 Å². The lowest BCUT2D eigenvalue weighted by atomic mass is 10.2. The predicted molar refractivity (Wildman–Crippen MR) is 91.8 cm³/mol. The first-order valence-electron chi connectivity index (χ1n) is 7.31. The van der Waals surface area contributed by atoms with Gasteiger partial charge in [-0.2, -0.15) is 0 Å². The molecule has 128 valence electrons. The lowest BCUT2D eigenvalue weighted by Gasteiger charge is -2.07. The summed E-state index contributed by atoms with van der Waals surface area (Å²) < 4.78 is 37.0. The van der Waals surface area contributed by atoms with Gasteiger partial charge in [0.2, 0.25) is 5.91 Å². The van der Waals surface area contributed by atoms with Crippen LogP contribution in [0, 0.1) is 5.82 Å². The first-order valence-corrected chi connectivity index (χ1v) is 9.51. The van der Waals surface area contributed by atoms with Crippen LogP contribution in [-0.4, -0.2) is 20.1 Å². The second-order valence-electron chi connectivity index (χ2n) is 5.34. The number of benzene rings is 2. The van der Waals surface area contributed by atoms with Crippen molar-refractivity contribution >= 4 is 27.3 Å². The van der Waals surface area contributed by atoms with E-state index >= 15 is 0 Å². The highest BCUT2D eigenvalue weighted by Gasteiger charge is 2.16. The number of hydrogen-bond donors (Lipinski definition) is 1.